The van der Waals surface area contributed by atoms with Crippen LogP contribution in [0.5, 0.6) is 0 Å². The third-order valence-electron chi connectivity index (χ3n) is 4.43. The van der Waals surface area contributed by atoms with Gasteiger partial charge >= 0.3 is 0 Å². The van der Waals surface area contributed by atoms with Crippen molar-refractivity contribution in [2.24, 2.45) is 0 Å². The van der Waals surface area contributed by atoms with Gasteiger partial charge in [-0.25, -0.2) is 4.98 Å². The lowest BCUT2D eigenvalue weighted by molar-refractivity contribution is -0.121. The number of rotatable bonds is 5. The minimum absolute atomic E-state index is 0.107. The molecule has 1 aromatic carbocycles. The minimum atomic E-state index is -0.273. The van der Waals surface area contributed by atoms with E-state index >= 15 is 0 Å². The highest BCUT2D eigenvalue weighted by Crippen LogP contribution is 2.27. The Bertz CT molecular complexity index is 1240. The van der Waals surface area contributed by atoms with Crippen LogP contribution >= 0.6 is 23.1 Å². The molecule has 0 atom stereocenters. The first kappa shape index (κ1) is 19.2. The number of aryl methyl sites for hydroxylation is 1. The van der Waals surface area contributed by atoms with E-state index in [9.17, 15) is 9.59 Å². The van der Waals surface area contributed by atoms with Crippen LogP contribution in [-0.4, -0.2) is 24.8 Å². The molecule has 3 aromatic heterocycles. The van der Waals surface area contributed by atoms with Gasteiger partial charge in [0.2, 0.25) is 5.91 Å². The summed E-state index contributed by atoms with van der Waals surface area (Å²) in [5, 5.41) is 3.45. The molecule has 146 valence electrons. The van der Waals surface area contributed by atoms with E-state index in [0.29, 0.717) is 33.3 Å². The average Bonchev–Trinajstić information content (AvgIpc) is 3.15. The molecule has 0 spiro atoms. The summed E-state index contributed by atoms with van der Waals surface area (Å²) >= 11 is 6.95. The molecule has 0 saturated heterocycles. The molecule has 0 unspecified atom stereocenters. The van der Waals surface area contributed by atoms with E-state index in [4.69, 9.17) is 11.6 Å². The Kier molecular flexibility index (Phi) is 5.37. The topological polar surface area (TPSA) is 89.8 Å². The first-order chi connectivity index (χ1) is 14.0. The predicted octanol–water partition coefficient (Wildman–Crippen LogP) is 3.19. The van der Waals surface area contributed by atoms with Gasteiger partial charge in [0.15, 0.2) is 0 Å². The molecule has 0 aliphatic rings. The van der Waals surface area contributed by atoms with Crippen LogP contribution < -0.4 is 10.9 Å². The van der Waals surface area contributed by atoms with Crippen LogP contribution in [0.25, 0.3) is 21.5 Å². The van der Waals surface area contributed by atoms with E-state index in [2.05, 4.69) is 19.7 Å². The SMILES string of the molecule is Cc1nc2c(-c3ccncc3)nsc2c(=O)n1CC(=O)NCc1ccc(Cl)cc1. The molecule has 0 saturated carbocycles. The van der Waals surface area contributed by atoms with E-state index in [-0.39, 0.29) is 18.0 Å². The zero-order valence-corrected chi connectivity index (χ0v) is 17.0. The summed E-state index contributed by atoms with van der Waals surface area (Å²) in [6.45, 7) is 1.96. The van der Waals surface area contributed by atoms with Gasteiger partial charge < -0.3 is 5.32 Å². The van der Waals surface area contributed by atoms with Crippen LogP contribution in [0.1, 0.15) is 11.4 Å². The van der Waals surface area contributed by atoms with Crippen molar-refractivity contribution in [2.75, 3.05) is 0 Å². The van der Waals surface area contributed by atoms with E-state index in [1.807, 2.05) is 24.3 Å². The maximum atomic E-state index is 12.9. The van der Waals surface area contributed by atoms with Crippen LogP contribution in [0.4, 0.5) is 0 Å². The summed E-state index contributed by atoms with van der Waals surface area (Å²) in [6.07, 6.45) is 3.33. The molecule has 0 radical (unpaired) electrons. The number of amides is 1. The third-order valence-corrected chi connectivity index (χ3v) is 5.51. The van der Waals surface area contributed by atoms with Crippen LogP contribution in [-0.2, 0) is 17.9 Å². The Balaban J connectivity index is 1.57. The highest BCUT2D eigenvalue weighted by molar-refractivity contribution is 7.13. The molecule has 4 rings (SSSR count). The van der Waals surface area contributed by atoms with E-state index in [0.717, 1.165) is 22.7 Å². The van der Waals surface area contributed by atoms with Crippen LogP contribution in [0, 0.1) is 6.92 Å². The van der Waals surface area contributed by atoms with Gasteiger partial charge in [-0.1, -0.05) is 23.7 Å². The molecule has 3 heterocycles. The average molecular weight is 426 g/mol. The van der Waals surface area contributed by atoms with Gasteiger partial charge in [0.05, 0.1) is 0 Å². The van der Waals surface area contributed by atoms with Crippen molar-refractivity contribution in [3.05, 3.63) is 75.6 Å². The fourth-order valence-electron chi connectivity index (χ4n) is 2.91. The molecule has 0 bridgehead atoms. The Morgan fingerprint density at radius 3 is 2.62 bits per heavy atom. The van der Waals surface area contributed by atoms with Crippen molar-refractivity contribution in [3.8, 4) is 11.3 Å². The molecule has 0 aliphatic heterocycles. The van der Waals surface area contributed by atoms with Crippen LogP contribution in [0.3, 0.4) is 0 Å². The molecule has 1 amide bonds. The number of benzene rings is 1. The summed E-state index contributed by atoms with van der Waals surface area (Å²) in [4.78, 5) is 33.9. The molecule has 0 fully saturated rings. The Morgan fingerprint density at radius 2 is 1.90 bits per heavy atom. The number of hydrogen-bond donors (Lipinski definition) is 1. The fourth-order valence-corrected chi connectivity index (χ4v) is 3.83. The summed E-state index contributed by atoms with van der Waals surface area (Å²) in [6, 6.07) is 10.8. The lowest BCUT2D eigenvalue weighted by Gasteiger charge is -2.10. The van der Waals surface area contributed by atoms with Gasteiger partial charge in [-0.3, -0.25) is 19.1 Å². The van der Waals surface area contributed by atoms with Gasteiger partial charge in [-0.2, -0.15) is 4.37 Å². The molecular formula is C20H16ClN5O2S. The van der Waals surface area contributed by atoms with E-state index in [1.165, 1.54) is 4.57 Å². The molecule has 7 nitrogen and oxygen atoms in total. The summed E-state index contributed by atoms with van der Waals surface area (Å²) in [5.41, 5.74) is 2.68. The number of hydrogen-bond acceptors (Lipinski definition) is 6. The first-order valence-electron chi connectivity index (χ1n) is 8.81. The highest BCUT2D eigenvalue weighted by atomic mass is 35.5. The van der Waals surface area contributed by atoms with Crippen molar-refractivity contribution >= 4 is 39.3 Å². The quantitative estimate of drug-likeness (QED) is 0.530. The smallest absolute Gasteiger partial charge is 0.273 e. The number of halogens is 1. The number of carbonyl (C=O) groups is 1. The monoisotopic (exact) mass is 425 g/mol. The van der Waals surface area contributed by atoms with E-state index in [1.54, 1.807) is 31.5 Å². The highest BCUT2D eigenvalue weighted by Gasteiger charge is 2.17. The second-order valence-corrected chi connectivity index (χ2v) is 7.61. The molecular weight excluding hydrogens is 410 g/mol. The number of fused-ring (bicyclic) bond motifs is 1. The van der Waals surface area contributed by atoms with Crippen LogP contribution in [0.15, 0.2) is 53.6 Å². The van der Waals surface area contributed by atoms with Crippen molar-refractivity contribution < 1.29 is 4.79 Å². The second-order valence-electron chi connectivity index (χ2n) is 6.40. The molecule has 29 heavy (non-hydrogen) atoms. The lowest BCUT2D eigenvalue weighted by atomic mass is 10.2. The summed E-state index contributed by atoms with van der Waals surface area (Å²) in [7, 11) is 0. The lowest BCUT2D eigenvalue weighted by Crippen LogP contribution is -2.33. The standard InChI is InChI=1S/C20H16ClN5O2S/c1-12-24-18-17(14-6-8-22-9-7-14)25-29-19(18)20(28)26(12)11-16(27)23-10-13-2-4-15(21)5-3-13/h2-9H,10-11H2,1H3,(H,23,27). The van der Waals surface area contributed by atoms with Gasteiger partial charge in [-0.05, 0) is 48.3 Å². The second kappa shape index (κ2) is 8.10. The molecule has 0 aliphatic carbocycles. The number of aromatic nitrogens is 4. The van der Waals surface area contributed by atoms with Gasteiger partial charge in [-0.15, -0.1) is 0 Å². The fraction of sp³-hybridized carbons (Fsp3) is 0.150. The van der Waals surface area contributed by atoms with Crippen LogP contribution in [0.2, 0.25) is 5.02 Å². The predicted molar refractivity (Wildman–Crippen MR) is 113 cm³/mol. The van der Waals surface area contributed by atoms with Crippen molar-refractivity contribution in [1.29, 1.82) is 0 Å². The van der Waals surface area contributed by atoms with Crippen molar-refractivity contribution in [1.82, 2.24) is 24.2 Å². The largest absolute Gasteiger partial charge is 0.350 e. The van der Waals surface area contributed by atoms with Crippen molar-refractivity contribution in [2.45, 2.75) is 20.0 Å². The van der Waals surface area contributed by atoms with Crippen molar-refractivity contribution in [3.63, 3.8) is 0 Å². The summed E-state index contributed by atoms with van der Waals surface area (Å²) < 4.78 is 6.19. The van der Waals surface area contributed by atoms with Gasteiger partial charge in [0, 0.05) is 29.5 Å². The Morgan fingerprint density at radius 1 is 1.17 bits per heavy atom. The zero-order chi connectivity index (χ0) is 20.4. The van der Waals surface area contributed by atoms with E-state index < -0.39 is 0 Å². The molecule has 9 heteroatoms. The maximum Gasteiger partial charge on any atom is 0.273 e. The first-order valence-corrected chi connectivity index (χ1v) is 9.96. The third kappa shape index (κ3) is 4.03. The maximum absolute atomic E-state index is 12.9. The number of pyridine rings is 1. The van der Waals surface area contributed by atoms with Gasteiger partial charge in [0.25, 0.3) is 5.56 Å². The number of nitrogens with zero attached hydrogens (tertiary/aromatic N) is 4. The molecule has 1 N–H and O–H groups in total. The zero-order valence-electron chi connectivity index (χ0n) is 15.4. The minimum Gasteiger partial charge on any atom is -0.350 e. The Labute approximate surface area is 175 Å². The normalized spacial score (nSPS) is 11.0. The molecule has 4 aromatic rings. The number of carbonyl (C=O) groups excluding carboxylic acids is 1. The Hall–Kier alpha value is -3.10. The summed E-state index contributed by atoms with van der Waals surface area (Å²) in [5.74, 6) is 0.185. The number of nitrogens with one attached hydrogen (secondary N) is 1. The van der Waals surface area contributed by atoms with Gasteiger partial charge in [0.1, 0.15) is 28.3 Å².